The van der Waals surface area contributed by atoms with Gasteiger partial charge >= 0.3 is 12.0 Å². The first-order valence-corrected chi connectivity index (χ1v) is 6.08. The van der Waals surface area contributed by atoms with Crippen LogP contribution in [0.5, 0.6) is 0 Å². The fraction of sp³-hybridized carbons (Fsp3) is 0.833. The van der Waals surface area contributed by atoms with Crippen molar-refractivity contribution in [1.29, 1.82) is 0 Å². The number of hydrogen-bond acceptors (Lipinski definition) is 3. The Hall–Kier alpha value is -1.30. The van der Waals surface area contributed by atoms with Crippen LogP contribution in [0.15, 0.2) is 0 Å². The average Bonchev–Trinajstić information content (AvgIpc) is 2.24. The largest absolute Gasteiger partial charge is 0.480 e. The number of urea groups is 1. The maximum atomic E-state index is 12.0. The lowest BCUT2D eigenvalue weighted by atomic mass is 10.2. The highest BCUT2D eigenvalue weighted by Gasteiger charge is 2.24. The summed E-state index contributed by atoms with van der Waals surface area (Å²) >= 11 is 0. The second-order valence-electron chi connectivity index (χ2n) is 4.94. The summed E-state index contributed by atoms with van der Waals surface area (Å²) in [6.07, 6.45) is 0. The van der Waals surface area contributed by atoms with E-state index >= 15 is 0 Å². The highest BCUT2D eigenvalue weighted by Crippen LogP contribution is 2.05. The summed E-state index contributed by atoms with van der Waals surface area (Å²) in [5, 5.41) is 11.4. The van der Waals surface area contributed by atoms with E-state index in [4.69, 9.17) is 9.84 Å². The molecular formula is C12H24N2O4. The molecule has 0 radical (unpaired) electrons. The maximum Gasteiger partial charge on any atom is 0.328 e. The fourth-order valence-electron chi connectivity index (χ4n) is 1.49. The summed E-state index contributed by atoms with van der Waals surface area (Å²) in [5.41, 5.74) is 0. The molecule has 2 amide bonds. The molecule has 6 heteroatoms. The van der Waals surface area contributed by atoms with Crippen molar-refractivity contribution >= 4 is 12.0 Å². The molecule has 0 aromatic carbocycles. The topological polar surface area (TPSA) is 78.9 Å². The van der Waals surface area contributed by atoms with Crippen LogP contribution in [0.2, 0.25) is 0 Å². The van der Waals surface area contributed by atoms with Gasteiger partial charge in [-0.05, 0) is 19.8 Å². The van der Waals surface area contributed by atoms with Crippen LogP contribution in [0, 0.1) is 5.92 Å². The summed E-state index contributed by atoms with van der Waals surface area (Å²) in [6, 6.07) is -1.37. The minimum atomic E-state index is -1.10. The molecule has 0 aromatic rings. The van der Waals surface area contributed by atoms with Crippen LogP contribution in [-0.2, 0) is 9.53 Å². The first kappa shape index (κ1) is 16.7. The van der Waals surface area contributed by atoms with Crippen LogP contribution in [0.25, 0.3) is 0 Å². The zero-order valence-electron chi connectivity index (χ0n) is 11.8. The molecule has 1 unspecified atom stereocenters. The number of carboxylic acids is 1. The highest BCUT2D eigenvalue weighted by molar-refractivity contribution is 5.82. The standard InChI is InChI=1S/C12H24N2O4/c1-8(2)6-14(9(3)4)12(17)13-10(7-18-5)11(15)16/h8-10H,6-7H2,1-5H3,(H,13,17)(H,15,16). The molecular weight excluding hydrogens is 236 g/mol. The molecule has 2 N–H and O–H groups in total. The number of aliphatic carboxylic acids is 1. The Balaban J connectivity index is 4.61. The second-order valence-corrected chi connectivity index (χ2v) is 4.94. The van der Waals surface area contributed by atoms with Crippen LogP contribution in [0.3, 0.4) is 0 Å². The lowest BCUT2D eigenvalue weighted by Gasteiger charge is -2.29. The monoisotopic (exact) mass is 260 g/mol. The van der Waals surface area contributed by atoms with Crippen LogP contribution in [-0.4, -0.2) is 54.4 Å². The molecule has 0 fully saturated rings. The predicted molar refractivity (Wildman–Crippen MR) is 68.5 cm³/mol. The maximum absolute atomic E-state index is 12.0. The molecule has 1 atom stereocenters. The lowest BCUT2D eigenvalue weighted by molar-refractivity contribution is -0.140. The summed E-state index contributed by atoms with van der Waals surface area (Å²) in [4.78, 5) is 24.6. The third kappa shape index (κ3) is 5.86. The first-order valence-electron chi connectivity index (χ1n) is 6.08. The Morgan fingerprint density at radius 1 is 1.28 bits per heavy atom. The van der Waals surface area contributed by atoms with Gasteiger partial charge in [0.2, 0.25) is 0 Å². The van der Waals surface area contributed by atoms with Crippen molar-refractivity contribution in [3.63, 3.8) is 0 Å². The van der Waals surface area contributed by atoms with Crippen molar-refractivity contribution in [2.45, 2.75) is 39.8 Å². The van der Waals surface area contributed by atoms with Crippen LogP contribution < -0.4 is 5.32 Å². The quantitative estimate of drug-likeness (QED) is 0.720. The van der Waals surface area contributed by atoms with Crippen molar-refractivity contribution < 1.29 is 19.4 Å². The molecule has 0 saturated heterocycles. The van der Waals surface area contributed by atoms with Crippen LogP contribution in [0.4, 0.5) is 4.79 Å². The van der Waals surface area contributed by atoms with Crippen molar-refractivity contribution in [2.75, 3.05) is 20.3 Å². The van der Waals surface area contributed by atoms with Crippen LogP contribution >= 0.6 is 0 Å². The molecule has 0 aliphatic carbocycles. The summed E-state index contributed by atoms with van der Waals surface area (Å²) in [6.45, 7) is 8.35. The molecule has 0 bridgehead atoms. The number of nitrogens with one attached hydrogen (secondary N) is 1. The Kier molecular flexibility index (Phi) is 7.35. The highest BCUT2D eigenvalue weighted by atomic mass is 16.5. The number of amides is 2. The number of ether oxygens (including phenoxy) is 1. The van der Waals surface area contributed by atoms with Gasteiger partial charge in [-0.25, -0.2) is 9.59 Å². The molecule has 18 heavy (non-hydrogen) atoms. The van der Waals surface area contributed by atoms with E-state index < -0.39 is 12.0 Å². The molecule has 106 valence electrons. The predicted octanol–water partition coefficient (Wildman–Crippen LogP) is 1.16. The molecule has 0 rings (SSSR count). The average molecular weight is 260 g/mol. The zero-order chi connectivity index (χ0) is 14.3. The molecule has 0 aliphatic rings. The third-order valence-electron chi connectivity index (χ3n) is 2.38. The number of nitrogens with zero attached hydrogens (tertiary/aromatic N) is 1. The first-order chi connectivity index (χ1) is 8.29. The Bertz CT molecular complexity index is 279. The Labute approximate surface area is 108 Å². The van der Waals surface area contributed by atoms with E-state index in [1.54, 1.807) is 4.90 Å². The summed E-state index contributed by atoms with van der Waals surface area (Å²) < 4.78 is 4.77. The van der Waals surface area contributed by atoms with E-state index in [2.05, 4.69) is 5.32 Å². The van der Waals surface area contributed by atoms with Gasteiger partial charge in [0, 0.05) is 19.7 Å². The molecule has 0 spiro atoms. The van der Waals surface area contributed by atoms with Crippen LogP contribution in [0.1, 0.15) is 27.7 Å². The molecule has 0 heterocycles. The second kappa shape index (κ2) is 7.92. The van der Waals surface area contributed by atoms with E-state index in [9.17, 15) is 9.59 Å². The Morgan fingerprint density at radius 3 is 2.17 bits per heavy atom. The number of rotatable bonds is 7. The van der Waals surface area contributed by atoms with E-state index in [1.165, 1.54) is 7.11 Å². The number of carbonyl (C=O) groups excluding carboxylic acids is 1. The molecule has 6 nitrogen and oxygen atoms in total. The van der Waals surface area contributed by atoms with E-state index in [0.29, 0.717) is 12.5 Å². The molecule has 0 aromatic heterocycles. The normalized spacial score (nSPS) is 12.6. The van der Waals surface area contributed by atoms with Crippen molar-refractivity contribution in [1.82, 2.24) is 10.2 Å². The fourth-order valence-corrected chi connectivity index (χ4v) is 1.49. The third-order valence-corrected chi connectivity index (χ3v) is 2.38. The van der Waals surface area contributed by atoms with Gasteiger partial charge < -0.3 is 20.1 Å². The minimum absolute atomic E-state index is 0.0180. The zero-order valence-corrected chi connectivity index (χ0v) is 11.8. The lowest BCUT2D eigenvalue weighted by Crippen LogP contribution is -2.52. The van der Waals surface area contributed by atoms with Gasteiger partial charge in [-0.1, -0.05) is 13.8 Å². The van der Waals surface area contributed by atoms with Gasteiger partial charge in [0.1, 0.15) is 0 Å². The van der Waals surface area contributed by atoms with Crippen molar-refractivity contribution in [2.24, 2.45) is 5.92 Å². The number of methoxy groups -OCH3 is 1. The van der Waals surface area contributed by atoms with Gasteiger partial charge in [-0.15, -0.1) is 0 Å². The summed E-state index contributed by atoms with van der Waals surface area (Å²) in [5.74, 6) is -0.776. The van der Waals surface area contributed by atoms with Crippen molar-refractivity contribution in [3.8, 4) is 0 Å². The van der Waals surface area contributed by atoms with Gasteiger partial charge in [0.25, 0.3) is 0 Å². The van der Waals surface area contributed by atoms with Gasteiger partial charge in [0.05, 0.1) is 6.61 Å². The minimum Gasteiger partial charge on any atom is -0.480 e. The number of carbonyl (C=O) groups is 2. The number of hydrogen-bond donors (Lipinski definition) is 2. The van der Waals surface area contributed by atoms with E-state index in [0.717, 1.165) is 0 Å². The Morgan fingerprint density at radius 2 is 1.83 bits per heavy atom. The summed E-state index contributed by atoms with van der Waals surface area (Å²) in [7, 11) is 1.40. The van der Waals surface area contributed by atoms with Gasteiger partial charge in [0.15, 0.2) is 6.04 Å². The smallest absolute Gasteiger partial charge is 0.328 e. The SMILES string of the molecule is COCC(NC(=O)N(CC(C)C)C(C)C)C(=O)O. The van der Waals surface area contributed by atoms with Gasteiger partial charge in [-0.2, -0.15) is 0 Å². The van der Waals surface area contributed by atoms with E-state index in [1.807, 2.05) is 27.7 Å². The van der Waals surface area contributed by atoms with Crippen molar-refractivity contribution in [3.05, 3.63) is 0 Å². The van der Waals surface area contributed by atoms with E-state index in [-0.39, 0.29) is 18.7 Å². The number of carboxylic acid groups (broad SMARTS) is 1. The molecule has 0 aliphatic heterocycles. The van der Waals surface area contributed by atoms with Gasteiger partial charge in [-0.3, -0.25) is 0 Å². The molecule has 0 saturated carbocycles.